The summed E-state index contributed by atoms with van der Waals surface area (Å²) in [5, 5.41) is 0. The minimum atomic E-state index is 0.393. The fourth-order valence-electron chi connectivity index (χ4n) is 6.83. The zero-order chi connectivity index (χ0) is 16.5. The monoisotopic (exact) mass is 328 g/mol. The lowest BCUT2D eigenvalue weighted by molar-refractivity contribution is -0.115. The van der Waals surface area contributed by atoms with Gasteiger partial charge in [-0.3, -0.25) is 4.79 Å². The van der Waals surface area contributed by atoms with Crippen molar-refractivity contribution in [3.63, 3.8) is 0 Å². The number of hydrogen-bond donors (Lipinski definition) is 0. The van der Waals surface area contributed by atoms with Crippen LogP contribution in [-0.2, 0) is 4.79 Å². The molecule has 3 unspecified atom stereocenters. The maximum atomic E-state index is 11.7. The molecule has 6 atom stereocenters. The van der Waals surface area contributed by atoms with E-state index in [1.807, 2.05) is 6.08 Å². The first kappa shape index (κ1) is 16.9. The first-order valence-electron chi connectivity index (χ1n) is 11.0. The molecular weight excluding hydrogens is 292 g/mol. The van der Waals surface area contributed by atoms with Crippen LogP contribution in [0.2, 0.25) is 0 Å². The van der Waals surface area contributed by atoms with Crippen molar-refractivity contribution in [2.24, 2.45) is 35.5 Å². The Morgan fingerprint density at radius 1 is 0.833 bits per heavy atom. The molecule has 24 heavy (non-hydrogen) atoms. The van der Waals surface area contributed by atoms with Crippen LogP contribution in [0.25, 0.3) is 0 Å². The molecule has 0 aliphatic heterocycles. The molecule has 0 aromatic rings. The molecule has 0 spiro atoms. The van der Waals surface area contributed by atoms with Gasteiger partial charge in [0, 0.05) is 6.42 Å². The van der Waals surface area contributed by atoms with E-state index in [1.54, 1.807) is 12.8 Å². The van der Waals surface area contributed by atoms with E-state index in [4.69, 9.17) is 0 Å². The van der Waals surface area contributed by atoms with Gasteiger partial charge in [-0.2, -0.15) is 0 Å². The summed E-state index contributed by atoms with van der Waals surface area (Å²) in [5.74, 6) is 6.31. The summed E-state index contributed by atoms with van der Waals surface area (Å²) in [6.07, 6.45) is 20.0. The van der Waals surface area contributed by atoms with Crippen LogP contribution < -0.4 is 0 Å². The van der Waals surface area contributed by atoms with Crippen LogP contribution >= 0.6 is 0 Å². The summed E-state index contributed by atoms with van der Waals surface area (Å²) >= 11 is 0. The van der Waals surface area contributed by atoms with Gasteiger partial charge in [0.05, 0.1) is 0 Å². The molecule has 0 aromatic carbocycles. The summed E-state index contributed by atoms with van der Waals surface area (Å²) in [4.78, 5) is 11.7. The maximum Gasteiger partial charge on any atom is 0.155 e. The average Bonchev–Trinajstić information content (AvgIpc) is 2.61. The Hall–Kier alpha value is -0.590. The Bertz CT molecular complexity index is 490. The number of ketones is 1. The molecular formula is C23H36O. The summed E-state index contributed by atoms with van der Waals surface area (Å²) in [6.45, 7) is 2.35. The first-order chi connectivity index (χ1) is 11.7. The molecule has 3 saturated carbocycles. The van der Waals surface area contributed by atoms with E-state index in [9.17, 15) is 4.79 Å². The van der Waals surface area contributed by atoms with Crippen molar-refractivity contribution >= 4 is 5.78 Å². The zero-order valence-electron chi connectivity index (χ0n) is 15.6. The molecule has 134 valence electrons. The normalized spacial score (nSPS) is 42.9. The highest BCUT2D eigenvalue weighted by Gasteiger charge is 2.39. The lowest BCUT2D eigenvalue weighted by Gasteiger charge is -2.46. The van der Waals surface area contributed by atoms with E-state index >= 15 is 0 Å². The molecule has 0 amide bonds. The highest BCUT2D eigenvalue weighted by molar-refractivity contribution is 5.91. The third kappa shape index (κ3) is 3.51. The Labute approximate surface area is 148 Å². The van der Waals surface area contributed by atoms with Gasteiger partial charge in [0.15, 0.2) is 5.78 Å². The van der Waals surface area contributed by atoms with Gasteiger partial charge in [-0.25, -0.2) is 0 Å². The fraction of sp³-hybridized carbons (Fsp3) is 0.870. The van der Waals surface area contributed by atoms with Crippen LogP contribution in [-0.4, -0.2) is 5.78 Å². The van der Waals surface area contributed by atoms with Crippen molar-refractivity contribution < 1.29 is 4.79 Å². The van der Waals surface area contributed by atoms with Gasteiger partial charge in [-0.05, 0) is 99.4 Å². The standard InChI is InChI=1S/C23H36O/c1-2-3-16-4-5-18-13-19(7-6-17(18)12-16)20-8-9-22-15-23(24)11-10-21(22)14-20/h15-21H,2-14H2,1H3/t16-,17-,18+,19?,20?,21?/m0/s1. The van der Waals surface area contributed by atoms with Crippen molar-refractivity contribution in [2.75, 3.05) is 0 Å². The quantitative estimate of drug-likeness (QED) is 0.592. The predicted molar refractivity (Wildman–Crippen MR) is 99.7 cm³/mol. The Balaban J connectivity index is 1.33. The number of carbonyl (C=O) groups excluding carboxylic acids is 1. The topological polar surface area (TPSA) is 17.1 Å². The lowest BCUT2D eigenvalue weighted by atomic mass is 9.59. The van der Waals surface area contributed by atoms with E-state index in [0.29, 0.717) is 5.78 Å². The molecule has 0 bridgehead atoms. The Morgan fingerprint density at radius 3 is 2.33 bits per heavy atom. The minimum Gasteiger partial charge on any atom is -0.295 e. The van der Waals surface area contributed by atoms with Crippen LogP contribution in [0.3, 0.4) is 0 Å². The molecule has 4 aliphatic rings. The number of allylic oxidation sites excluding steroid dienone is 2. The SMILES string of the molecule is CCC[C@H]1CC[C@@H]2CC(C3CCC4=CC(=O)CCC4C3)CC[C@H]2C1. The Kier molecular flexibility index (Phi) is 5.16. The van der Waals surface area contributed by atoms with E-state index in [0.717, 1.165) is 48.3 Å². The van der Waals surface area contributed by atoms with Gasteiger partial charge in [-0.15, -0.1) is 0 Å². The maximum absolute atomic E-state index is 11.7. The van der Waals surface area contributed by atoms with E-state index in [2.05, 4.69) is 6.92 Å². The summed E-state index contributed by atoms with van der Waals surface area (Å²) in [7, 11) is 0. The zero-order valence-corrected chi connectivity index (χ0v) is 15.6. The molecule has 1 nitrogen and oxygen atoms in total. The fourth-order valence-corrected chi connectivity index (χ4v) is 6.83. The Morgan fingerprint density at radius 2 is 1.54 bits per heavy atom. The minimum absolute atomic E-state index is 0.393. The average molecular weight is 329 g/mol. The van der Waals surface area contributed by atoms with Crippen LogP contribution in [0, 0.1) is 35.5 Å². The van der Waals surface area contributed by atoms with Gasteiger partial charge in [0.2, 0.25) is 0 Å². The molecule has 1 heteroatoms. The third-order valence-corrected chi connectivity index (χ3v) is 8.13. The summed E-state index contributed by atoms with van der Waals surface area (Å²) in [6, 6.07) is 0. The molecule has 0 N–H and O–H groups in total. The molecule has 4 rings (SSSR count). The van der Waals surface area contributed by atoms with Gasteiger partial charge < -0.3 is 0 Å². The number of carbonyl (C=O) groups is 1. The van der Waals surface area contributed by atoms with Gasteiger partial charge in [0.1, 0.15) is 0 Å². The molecule has 3 fully saturated rings. The van der Waals surface area contributed by atoms with Crippen LogP contribution in [0.15, 0.2) is 11.6 Å². The second-order valence-corrected chi connectivity index (χ2v) is 9.52. The van der Waals surface area contributed by atoms with Crippen LogP contribution in [0.5, 0.6) is 0 Å². The smallest absolute Gasteiger partial charge is 0.155 e. The van der Waals surface area contributed by atoms with Crippen LogP contribution in [0.4, 0.5) is 0 Å². The second kappa shape index (κ2) is 7.34. The predicted octanol–water partition coefficient (Wildman–Crippen LogP) is 6.32. The summed E-state index contributed by atoms with van der Waals surface area (Å²) in [5.41, 5.74) is 1.51. The summed E-state index contributed by atoms with van der Waals surface area (Å²) < 4.78 is 0. The van der Waals surface area contributed by atoms with E-state index < -0.39 is 0 Å². The lowest BCUT2D eigenvalue weighted by Crippen LogP contribution is -2.35. The van der Waals surface area contributed by atoms with E-state index in [1.165, 1.54) is 63.4 Å². The number of hydrogen-bond acceptors (Lipinski definition) is 1. The van der Waals surface area contributed by atoms with Crippen molar-refractivity contribution in [1.82, 2.24) is 0 Å². The first-order valence-corrected chi connectivity index (χ1v) is 11.0. The highest BCUT2D eigenvalue weighted by Crippen LogP contribution is 2.51. The van der Waals surface area contributed by atoms with Crippen molar-refractivity contribution in [1.29, 1.82) is 0 Å². The number of rotatable bonds is 3. The van der Waals surface area contributed by atoms with Crippen molar-refractivity contribution in [3.05, 3.63) is 11.6 Å². The third-order valence-electron chi connectivity index (χ3n) is 8.13. The molecule has 0 heterocycles. The highest BCUT2D eigenvalue weighted by atomic mass is 16.1. The van der Waals surface area contributed by atoms with E-state index in [-0.39, 0.29) is 0 Å². The number of fused-ring (bicyclic) bond motifs is 2. The van der Waals surface area contributed by atoms with Crippen molar-refractivity contribution in [2.45, 2.75) is 90.4 Å². The van der Waals surface area contributed by atoms with Gasteiger partial charge in [0.25, 0.3) is 0 Å². The largest absolute Gasteiger partial charge is 0.295 e. The molecule has 0 aromatic heterocycles. The molecule has 0 radical (unpaired) electrons. The second-order valence-electron chi connectivity index (χ2n) is 9.52. The molecule has 4 aliphatic carbocycles. The van der Waals surface area contributed by atoms with Crippen molar-refractivity contribution in [3.8, 4) is 0 Å². The van der Waals surface area contributed by atoms with Gasteiger partial charge in [-0.1, -0.05) is 31.8 Å². The van der Waals surface area contributed by atoms with Gasteiger partial charge >= 0.3 is 0 Å². The van der Waals surface area contributed by atoms with Crippen LogP contribution in [0.1, 0.15) is 90.4 Å². The molecule has 0 saturated heterocycles.